The third-order valence-corrected chi connectivity index (χ3v) is 3.08. The van der Waals surface area contributed by atoms with Crippen LogP contribution < -0.4 is 0 Å². The number of hydrogen-bond acceptors (Lipinski definition) is 4. The molecular weight excluding hydrogens is 271 g/mol. The Morgan fingerprint density at radius 3 is 2.69 bits per heavy atom. The molecule has 0 spiro atoms. The molecule has 0 aliphatic rings. The van der Waals surface area contributed by atoms with Gasteiger partial charge >= 0.3 is 5.97 Å². The highest BCUT2D eigenvalue weighted by atomic mass is 35.5. The van der Waals surface area contributed by atoms with Gasteiger partial charge in [-0.3, -0.25) is 0 Å². The van der Waals surface area contributed by atoms with Crippen LogP contribution in [0.15, 0.2) is 17.0 Å². The fraction of sp³-hybridized carbons (Fsp3) is 0.300. The summed E-state index contributed by atoms with van der Waals surface area (Å²) >= 11 is 12.9. The summed E-state index contributed by atoms with van der Waals surface area (Å²) in [6.07, 6.45) is 0. The van der Waals surface area contributed by atoms with Crippen LogP contribution in [0.2, 0.25) is 10.0 Å². The molecule has 3 nitrogen and oxygen atoms in total. The van der Waals surface area contributed by atoms with Gasteiger partial charge in [-0.05, 0) is 19.1 Å². The molecule has 0 unspecified atom stereocenters. The van der Waals surface area contributed by atoms with Crippen LogP contribution in [0.1, 0.15) is 17.3 Å². The third kappa shape index (κ3) is 3.28. The van der Waals surface area contributed by atoms with E-state index < -0.39 is 5.97 Å². The van der Waals surface area contributed by atoms with Gasteiger partial charge in [0.15, 0.2) is 0 Å². The number of esters is 1. The van der Waals surface area contributed by atoms with Gasteiger partial charge in [0.2, 0.25) is 0 Å². The summed E-state index contributed by atoms with van der Waals surface area (Å²) in [5, 5.41) is 0.696. The SMILES string of the molecule is CCOC(=O)c1cc(Cl)cc(SOC)c1Cl. The van der Waals surface area contributed by atoms with E-state index in [0.29, 0.717) is 9.92 Å². The Balaban J connectivity index is 3.13. The molecule has 0 aliphatic heterocycles. The van der Waals surface area contributed by atoms with Gasteiger partial charge in [-0.2, -0.15) is 0 Å². The minimum Gasteiger partial charge on any atom is -0.462 e. The van der Waals surface area contributed by atoms with Crippen molar-refractivity contribution in [3.05, 3.63) is 27.7 Å². The fourth-order valence-electron chi connectivity index (χ4n) is 1.07. The van der Waals surface area contributed by atoms with Crippen LogP contribution >= 0.6 is 35.2 Å². The summed E-state index contributed by atoms with van der Waals surface area (Å²) in [6, 6.07) is 3.10. The quantitative estimate of drug-likeness (QED) is 0.620. The number of rotatable bonds is 4. The second-order valence-corrected chi connectivity index (χ2v) is 4.49. The molecule has 0 radical (unpaired) electrons. The highest BCUT2D eigenvalue weighted by molar-refractivity contribution is 7.94. The first-order valence-corrected chi connectivity index (χ1v) is 5.96. The lowest BCUT2D eigenvalue weighted by Gasteiger charge is -2.08. The van der Waals surface area contributed by atoms with Crippen LogP contribution in [0.4, 0.5) is 0 Å². The molecule has 1 aromatic carbocycles. The largest absolute Gasteiger partial charge is 0.462 e. The van der Waals surface area contributed by atoms with Crippen LogP contribution in [0.3, 0.4) is 0 Å². The molecule has 16 heavy (non-hydrogen) atoms. The molecule has 0 heterocycles. The molecule has 0 N–H and O–H groups in total. The zero-order valence-electron chi connectivity index (χ0n) is 8.75. The van der Waals surface area contributed by atoms with Crippen molar-refractivity contribution in [2.45, 2.75) is 11.8 Å². The van der Waals surface area contributed by atoms with Crippen molar-refractivity contribution in [2.24, 2.45) is 0 Å². The average Bonchev–Trinajstić information content (AvgIpc) is 2.23. The van der Waals surface area contributed by atoms with Gasteiger partial charge in [-0.25, -0.2) is 4.79 Å². The zero-order valence-corrected chi connectivity index (χ0v) is 11.1. The second kappa shape index (κ2) is 6.35. The maximum Gasteiger partial charge on any atom is 0.339 e. The lowest BCUT2D eigenvalue weighted by atomic mass is 10.2. The summed E-state index contributed by atoms with van der Waals surface area (Å²) in [7, 11) is 1.51. The van der Waals surface area contributed by atoms with Crippen molar-refractivity contribution in [1.82, 2.24) is 0 Å². The van der Waals surface area contributed by atoms with E-state index >= 15 is 0 Å². The number of carbonyl (C=O) groups is 1. The van der Waals surface area contributed by atoms with Crippen molar-refractivity contribution in [1.29, 1.82) is 0 Å². The van der Waals surface area contributed by atoms with Crippen molar-refractivity contribution < 1.29 is 13.7 Å². The molecule has 1 rings (SSSR count). The molecule has 6 heteroatoms. The molecule has 0 amide bonds. The molecule has 1 aromatic rings. The minimum absolute atomic E-state index is 0.246. The highest BCUT2D eigenvalue weighted by Crippen LogP contribution is 2.33. The van der Waals surface area contributed by atoms with Crippen LogP contribution in [0.25, 0.3) is 0 Å². The molecule has 0 fully saturated rings. The van der Waals surface area contributed by atoms with E-state index in [1.165, 1.54) is 13.2 Å². The summed E-state index contributed by atoms with van der Waals surface area (Å²) in [6.45, 7) is 2.01. The normalized spacial score (nSPS) is 10.2. The monoisotopic (exact) mass is 280 g/mol. The maximum atomic E-state index is 11.6. The predicted molar refractivity (Wildman–Crippen MR) is 65.3 cm³/mol. The third-order valence-electron chi connectivity index (χ3n) is 1.67. The average molecular weight is 281 g/mol. The summed E-state index contributed by atoms with van der Waals surface area (Å²) in [5.41, 5.74) is 0.246. The van der Waals surface area contributed by atoms with E-state index in [9.17, 15) is 4.79 Å². The van der Waals surface area contributed by atoms with Gasteiger partial charge in [-0.1, -0.05) is 23.2 Å². The molecule has 88 valence electrons. The number of halogens is 2. The van der Waals surface area contributed by atoms with Crippen molar-refractivity contribution >= 4 is 41.2 Å². The molecule has 0 aliphatic carbocycles. The first-order valence-electron chi connectivity index (χ1n) is 4.47. The van der Waals surface area contributed by atoms with E-state index in [1.54, 1.807) is 13.0 Å². The second-order valence-electron chi connectivity index (χ2n) is 2.74. The Labute approximate surface area is 108 Å². The van der Waals surface area contributed by atoms with Crippen LogP contribution in [0.5, 0.6) is 0 Å². The van der Waals surface area contributed by atoms with Gasteiger partial charge in [0.1, 0.15) is 0 Å². The fourth-order valence-corrected chi connectivity index (χ4v) is 2.17. The Hall–Kier alpha value is -0.420. The summed E-state index contributed by atoms with van der Waals surface area (Å²) < 4.78 is 9.74. The topological polar surface area (TPSA) is 35.5 Å². The maximum absolute atomic E-state index is 11.6. The molecule has 0 bridgehead atoms. The smallest absolute Gasteiger partial charge is 0.339 e. The van der Waals surface area contributed by atoms with Crippen molar-refractivity contribution in [3.63, 3.8) is 0 Å². The van der Waals surface area contributed by atoms with E-state index in [4.69, 9.17) is 32.1 Å². The Kier molecular flexibility index (Phi) is 5.41. The molecule has 0 saturated heterocycles. The van der Waals surface area contributed by atoms with Gasteiger partial charge in [-0.15, -0.1) is 0 Å². The lowest BCUT2D eigenvalue weighted by Crippen LogP contribution is -2.05. The zero-order chi connectivity index (χ0) is 12.1. The Morgan fingerprint density at radius 1 is 1.44 bits per heavy atom. The van der Waals surface area contributed by atoms with Gasteiger partial charge in [0, 0.05) is 17.1 Å². The molecule has 0 saturated carbocycles. The van der Waals surface area contributed by atoms with Gasteiger partial charge in [0.05, 0.1) is 29.2 Å². The minimum atomic E-state index is -0.493. The number of hydrogen-bond donors (Lipinski definition) is 0. The van der Waals surface area contributed by atoms with E-state index in [2.05, 4.69) is 0 Å². The van der Waals surface area contributed by atoms with Crippen LogP contribution in [-0.4, -0.2) is 19.7 Å². The van der Waals surface area contributed by atoms with E-state index in [1.807, 2.05) is 0 Å². The standard InChI is InChI=1S/C10H10Cl2O3S/c1-3-15-10(13)7-4-6(11)5-8(9(7)12)16-14-2/h4-5H,3H2,1-2H3. The Morgan fingerprint density at radius 2 is 2.12 bits per heavy atom. The lowest BCUT2D eigenvalue weighted by molar-refractivity contribution is 0.0526. The number of benzene rings is 1. The summed E-state index contributed by atoms with van der Waals surface area (Å²) in [4.78, 5) is 12.1. The number of carbonyl (C=O) groups excluding carboxylic acids is 1. The van der Waals surface area contributed by atoms with Crippen molar-refractivity contribution in [3.8, 4) is 0 Å². The summed E-state index contributed by atoms with van der Waals surface area (Å²) in [5.74, 6) is -0.493. The van der Waals surface area contributed by atoms with Crippen LogP contribution in [-0.2, 0) is 8.92 Å². The first-order chi connectivity index (χ1) is 7.60. The highest BCUT2D eigenvalue weighted by Gasteiger charge is 2.16. The van der Waals surface area contributed by atoms with Crippen LogP contribution in [0, 0.1) is 0 Å². The molecule has 0 atom stereocenters. The molecule has 0 aromatic heterocycles. The van der Waals surface area contributed by atoms with Gasteiger partial charge < -0.3 is 8.92 Å². The number of ether oxygens (including phenoxy) is 1. The first kappa shape index (κ1) is 13.6. The Bertz CT molecular complexity index is 396. The van der Waals surface area contributed by atoms with E-state index in [0.717, 1.165) is 12.0 Å². The van der Waals surface area contributed by atoms with Gasteiger partial charge in [0.25, 0.3) is 0 Å². The molecular formula is C10H10Cl2O3S. The predicted octanol–water partition coefficient (Wildman–Crippen LogP) is 3.82. The van der Waals surface area contributed by atoms with E-state index in [-0.39, 0.29) is 17.2 Å². The van der Waals surface area contributed by atoms with Crippen molar-refractivity contribution in [2.75, 3.05) is 13.7 Å².